The first kappa shape index (κ1) is 20.5. The van der Waals surface area contributed by atoms with E-state index in [9.17, 15) is 9.59 Å². The lowest BCUT2D eigenvalue weighted by Gasteiger charge is -2.12. The van der Waals surface area contributed by atoms with Crippen LogP contribution in [-0.4, -0.2) is 50.0 Å². The molecule has 0 unspecified atom stereocenters. The van der Waals surface area contributed by atoms with Crippen LogP contribution in [0.2, 0.25) is 0 Å². The minimum Gasteiger partial charge on any atom is -0.491 e. The second-order valence-electron chi connectivity index (χ2n) is 6.79. The van der Waals surface area contributed by atoms with Gasteiger partial charge in [-0.1, -0.05) is 6.07 Å². The Balaban J connectivity index is 1.98. The third kappa shape index (κ3) is 6.75. The topological polar surface area (TPSA) is 70.7 Å². The molecule has 0 atom stereocenters. The Kier molecular flexibility index (Phi) is 7.37. The lowest BCUT2D eigenvalue weighted by molar-refractivity contribution is 0.0949. The number of anilines is 1. The number of hydrogen-bond acceptors (Lipinski definition) is 4. The van der Waals surface area contributed by atoms with Crippen molar-refractivity contribution in [3.05, 3.63) is 59.7 Å². The average molecular weight is 369 g/mol. The summed E-state index contributed by atoms with van der Waals surface area (Å²) in [5.74, 6) is 0.317. The van der Waals surface area contributed by atoms with Crippen LogP contribution in [0.5, 0.6) is 5.75 Å². The summed E-state index contributed by atoms with van der Waals surface area (Å²) >= 11 is 0. The van der Waals surface area contributed by atoms with Crippen LogP contribution in [0, 0.1) is 0 Å². The van der Waals surface area contributed by atoms with E-state index in [1.165, 1.54) is 0 Å². The molecule has 2 aromatic rings. The molecule has 2 N–H and O–H groups in total. The van der Waals surface area contributed by atoms with Crippen LogP contribution in [0.25, 0.3) is 0 Å². The van der Waals surface area contributed by atoms with E-state index in [1.54, 1.807) is 48.5 Å². The van der Waals surface area contributed by atoms with Gasteiger partial charge in [-0.25, -0.2) is 0 Å². The maximum absolute atomic E-state index is 12.4. The number of carbonyl (C=O) groups is 2. The molecule has 0 fully saturated rings. The van der Waals surface area contributed by atoms with E-state index in [0.717, 1.165) is 12.3 Å². The summed E-state index contributed by atoms with van der Waals surface area (Å²) in [6, 6.07) is 13.8. The Bertz CT molecular complexity index is 770. The highest BCUT2D eigenvalue weighted by molar-refractivity contribution is 6.05. The van der Waals surface area contributed by atoms with Gasteiger partial charge in [-0.05, 0) is 70.4 Å². The van der Waals surface area contributed by atoms with Gasteiger partial charge >= 0.3 is 0 Å². The largest absolute Gasteiger partial charge is 0.491 e. The molecule has 6 nitrogen and oxygen atoms in total. The summed E-state index contributed by atoms with van der Waals surface area (Å²) in [5.41, 5.74) is 1.60. The molecule has 27 heavy (non-hydrogen) atoms. The number of amides is 2. The van der Waals surface area contributed by atoms with E-state index < -0.39 is 0 Å². The van der Waals surface area contributed by atoms with Crippen LogP contribution >= 0.6 is 0 Å². The molecule has 0 aliphatic rings. The van der Waals surface area contributed by atoms with Crippen LogP contribution in [-0.2, 0) is 0 Å². The Morgan fingerprint density at radius 3 is 2.33 bits per heavy atom. The highest BCUT2D eigenvalue weighted by atomic mass is 16.5. The summed E-state index contributed by atoms with van der Waals surface area (Å²) < 4.78 is 5.58. The van der Waals surface area contributed by atoms with Crippen molar-refractivity contribution < 1.29 is 14.3 Å². The highest BCUT2D eigenvalue weighted by Crippen LogP contribution is 2.16. The van der Waals surface area contributed by atoms with Gasteiger partial charge in [-0.15, -0.1) is 0 Å². The van der Waals surface area contributed by atoms with Gasteiger partial charge in [0.2, 0.25) is 0 Å². The van der Waals surface area contributed by atoms with E-state index in [-0.39, 0.29) is 17.9 Å². The number of likely N-dealkylation sites (N-methyl/N-ethyl adjacent to an activating group) is 1. The summed E-state index contributed by atoms with van der Waals surface area (Å²) in [6.45, 7) is 5.22. The number of hydrogen-bond donors (Lipinski definition) is 2. The number of rotatable bonds is 8. The van der Waals surface area contributed by atoms with Gasteiger partial charge in [0.05, 0.1) is 6.10 Å². The predicted octanol–water partition coefficient (Wildman–Crippen LogP) is 3.02. The van der Waals surface area contributed by atoms with Gasteiger partial charge in [-0.3, -0.25) is 9.59 Å². The van der Waals surface area contributed by atoms with Gasteiger partial charge in [0.1, 0.15) is 5.75 Å². The van der Waals surface area contributed by atoms with E-state index in [1.807, 2.05) is 32.8 Å². The number of ether oxygens (including phenoxy) is 1. The molecule has 0 saturated heterocycles. The van der Waals surface area contributed by atoms with Crippen LogP contribution in [0.4, 0.5) is 5.69 Å². The van der Waals surface area contributed by atoms with Gasteiger partial charge in [0.15, 0.2) is 0 Å². The fourth-order valence-electron chi connectivity index (χ4n) is 2.39. The van der Waals surface area contributed by atoms with Crippen molar-refractivity contribution in [2.24, 2.45) is 0 Å². The van der Waals surface area contributed by atoms with Crippen LogP contribution in [0.3, 0.4) is 0 Å². The van der Waals surface area contributed by atoms with Crippen LogP contribution in [0.1, 0.15) is 34.6 Å². The molecule has 0 bridgehead atoms. The summed E-state index contributed by atoms with van der Waals surface area (Å²) in [4.78, 5) is 26.6. The first-order chi connectivity index (χ1) is 12.8. The maximum atomic E-state index is 12.4. The average Bonchev–Trinajstić information content (AvgIpc) is 2.61. The third-order valence-electron chi connectivity index (χ3n) is 3.72. The summed E-state index contributed by atoms with van der Waals surface area (Å²) in [5, 5.41) is 5.68. The molecule has 0 saturated carbocycles. The Hall–Kier alpha value is -2.86. The van der Waals surface area contributed by atoms with E-state index in [4.69, 9.17) is 4.74 Å². The summed E-state index contributed by atoms with van der Waals surface area (Å²) in [6.07, 6.45) is 0.0799. The molecule has 0 radical (unpaired) electrons. The molecular formula is C21H27N3O3. The minimum atomic E-state index is -0.240. The standard InChI is InChI=1S/C21H27N3O3/c1-15(2)27-19-10-8-16(9-11-19)21(26)23-18-7-5-6-17(14-18)20(25)22-12-13-24(3)4/h5-11,14-15H,12-13H2,1-4H3,(H,22,25)(H,23,26). The quantitative estimate of drug-likeness (QED) is 0.750. The molecule has 2 aromatic carbocycles. The number of carbonyl (C=O) groups excluding carboxylic acids is 2. The molecule has 0 aliphatic heterocycles. The molecule has 0 aliphatic carbocycles. The maximum Gasteiger partial charge on any atom is 0.255 e. The van der Waals surface area contributed by atoms with Crippen molar-refractivity contribution in [1.29, 1.82) is 0 Å². The van der Waals surface area contributed by atoms with E-state index in [2.05, 4.69) is 10.6 Å². The van der Waals surface area contributed by atoms with Crippen LogP contribution in [0.15, 0.2) is 48.5 Å². The fourth-order valence-corrected chi connectivity index (χ4v) is 2.39. The highest BCUT2D eigenvalue weighted by Gasteiger charge is 2.10. The number of nitrogens with one attached hydrogen (secondary N) is 2. The predicted molar refractivity (Wildman–Crippen MR) is 107 cm³/mol. The second-order valence-corrected chi connectivity index (χ2v) is 6.79. The SMILES string of the molecule is CC(C)Oc1ccc(C(=O)Nc2cccc(C(=O)NCCN(C)C)c2)cc1. The van der Waals surface area contributed by atoms with Gasteiger partial charge < -0.3 is 20.3 Å². The first-order valence-electron chi connectivity index (χ1n) is 8.96. The molecule has 0 heterocycles. The van der Waals surface area contributed by atoms with Crippen molar-refractivity contribution >= 4 is 17.5 Å². The zero-order valence-corrected chi connectivity index (χ0v) is 16.3. The molecule has 144 valence electrons. The zero-order chi connectivity index (χ0) is 19.8. The second kappa shape index (κ2) is 9.73. The normalized spacial score (nSPS) is 10.7. The number of benzene rings is 2. The molecule has 2 rings (SSSR count). The van der Waals surface area contributed by atoms with Crippen LogP contribution < -0.4 is 15.4 Å². The van der Waals surface area contributed by atoms with Gasteiger partial charge in [0.25, 0.3) is 11.8 Å². The van der Waals surface area contributed by atoms with Crippen molar-refractivity contribution in [1.82, 2.24) is 10.2 Å². The van der Waals surface area contributed by atoms with E-state index >= 15 is 0 Å². The van der Waals surface area contributed by atoms with Crippen molar-refractivity contribution in [2.45, 2.75) is 20.0 Å². The van der Waals surface area contributed by atoms with Crippen molar-refractivity contribution in [2.75, 3.05) is 32.5 Å². The lowest BCUT2D eigenvalue weighted by atomic mass is 10.1. The molecule has 2 amide bonds. The van der Waals surface area contributed by atoms with Gasteiger partial charge in [0, 0.05) is 29.9 Å². The summed E-state index contributed by atoms with van der Waals surface area (Å²) in [7, 11) is 3.90. The first-order valence-corrected chi connectivity index (χ1v) is 8.96. The smallest absolute Gasteiger partial charge is 0.255 e. The number of nitrogens with zero attached hydrogens (tertiary/aromatic N) is 1. The monoisotopic (exact) mass is 369 g/mol. The lowest BCUT2D eigenvalue weighted by Crippen LogP contribution is -2.31. The van der Waals surface area contributed by atoms with Crippen molar-refractivity contribution in [3.63, 3.8) is 0 Å². The van der Waals surface area contributed by atoms with Crippen molar-refractivity contribution in [3.8, 4) is 5.75 Å². The minimum absolute atomic E-state index is 0.0799. The molecule has 0 spiro atoms. The third-order valence-corrected chi connectivity index (χ3v) is 3.72. The Morgan fingerprint density at radius 1 is 1.00 bits per heavy atom. The molecule has 0 aromatic heterocycles. The Labute approximate surface area is 160 Å². The fraction of sp³-hybridized carbons (Fsp3) is 0.333. The molecule has 6 heteroatoms. The zero-order valence-electron chi connectivity index (χ0n) is 16.3. The van der Waals surface area contributed by atoms with Gasteiger partial charge in [-0.2, -0.15) is 0 Å². The van der Waals surface area contributed by atoms with E-state index in [0.29, 0.717) is 23.4 Å². The Morgan fingerprint density at radius 2 is 1.70 bits per heavy atom. The molecular weight excluding hydrogens is 342 g/mol.